The molecule has 21 nitrogen and oxygen atoms in total. The molecule has 3 fully saturated rings. The van der Waals surface area contributed by atoms with E-state index in [1.165, 1.54) is 31.4 Å². The number of benzene rings is 1. The third-order valence-corrected chi connectivity index (χ3v) is 16.4. The number of carbonyl (C=O) groups excluding carboxylic acids is 9. The SMILES string of the molecule is CC[C@H](C)[C@@H]([C@@H](CC(=O)N1CCC[C@H]1C(OC)[C@@H](C)C(=O)N[C@@]1(C(=O)N2CCCCO2)C[C@@H]1c1ccccc1)OC)N(C)C(=O)[C@@H](NC(=O)[C@H](C(C)C)N(C)CCCC(=O)NNC(=O)CCCCCN1C(=O)C=CC1=O)C(C)C. The number of carbonyl (C=O) groups is 9. The van der Waals surface area contributed by atoms with Crippen LogP contribution < -0.4 is 21.5 Å². The van der Waals surface area contributed by atoms with Gasteiger partial charge in [0.25, 0.3) is 17.7 Å². The second kappa shape index (κ2) is 30.2. The smallest absolute Gasteiger partial charge is 0.272 e. The third kappa shape index (κ3) is 16.7. The third-order valence-electron chi connectivity index (χ3n) is 16.4. The predicted octanol–water partition coefficient (Wildman–Crippen LogP) is 4.01. The van der Waals surface area contributed by atoms with Crippen LogP contribution in [0.25, 0.3) is 0 Å². The largest absolute Gasteiger partial charge is 0.379 e. The Balaban J connectivity index is 1.16. The number of rotatable bonds is 30. The van der Waals surface area contributed by atoms with Crippen molar-refractivity contribution in [2.75, 3.05) is 61.1 Å². The lowest BCUT2D eigenvalue weighted by Gasteiger charge is -2.41. The maximum atomic E-state index is 14.7. The number of amides is 9. The van der Waals surface area contributed by atoms with Crippen LogP contribution in [0.2, 0.25) is 0 Å². The summed E-state index contributed by atoms with van der Waals surface area (Å²) >= 11 is 0. The first kappa shape index (κ1) is 64.1. The molecule has 4 N–H and O–H groups in total. The fraction of sp³-hybridized carbons (Fsp3) is 0.707. The van der Waals surface area contributed by atoms with Crippen molar-refractivity contribution >= 4 is 53.2 Å². The Hall–Kier alpha value is -5.77. The summed E-state index contributed by atoms with van der Waals surface area (Å²) in [5.41, 5.74) is 4.65. The Morgan fingerprint density at radius 2 is 1.46 bits per heavy atom. The van der Waals surface area contributed by atoms with Gasteiger partial charge in [-0.3, -0.25) is 68.6 Å². The molecule has 1 aromatic carbocycles. The number of hydrogen-bond acceptors (Lipinski definition) is 13. The minimum atomic E-state index is -1.17. The van der Waals surface area contributed by atoms with Crippen molar-refractivity contribution in [2.24, 2.45) is 23.7 Å². The van der Waals surface area contributed by atoms with Gasteiger partial charge in [0, 0.05) is 71.8 Å². The lowest BCUT2D eigenvalue weighted by atomic mass is 9.89. The minimum absolute atomic E-state index is 0.0563. The van der Waals surface area contributed by atoms with Gasteiger partial charge < -0.3 is 29.9 Å². The molecule has 440 valence electrons. The molecule has 0 bridgehead atoms. The van der Waals surface area contributed by atoms with Gasteiger partial charge in [-0.15, -0.1) is 0 Å². The van der Waals surface area contributed by atoms with Crippen LogP contribution in [0, 0.1) is 23.7 Å². The Kier molecular flexibility index (Phi) is 24.5. The highest BCUT2D eigenvalue weighted by molar-refractivity contribution is 6.12. The average Bonchev–Trinajstić information content (AvgIpc) is 4.01. The number of hydroxylamine groups is 2. The molecule has 21 heteroatoms. The Labute approximate surface area is 467 Å². The predicted molar refractivity (Wildman–Crippen MR) is 296 cm³/mol. The fourth-order valence-corrected chi connectivity index (χ4v) is 11.7. The maximum Gasteiger partial charge on any atom is 0.272 e. The molecular formula is C58H91N9O12. The summed E-state index contributed by atoms with van der Waals surface area (Å²) < 4.78 is 12.2. The normalized spacial score (nSPS) is 21.8. The number of imide groups is 1. The van der Waals surface area contributed by atoms with Crippen molar-refractivity contribution < 1.29 is 57.5 Å². The number of ether oxygens (including phenoxy) is 2. The van der Waals surface area contributed by atoms with Crippen molar-refractivity contribution in [1.82, 2.24) is 46.1 Å². The van der Waals surface area contributed by atoms with E-state index in [9.17, 15) is 43.2 Å². The van der Waals surface area contributed by atoms with Crippen LogP contribution in [0.1, 0.15) is 143 Å². The second-order valence-corrected chi connectivity index (χ2v) is 22.7. The number of likely N-dealkylation sites (tertiary alicyclic amines) is 1. The van der Waals surface area contributed by atoms with Gasteiger partial charge in [0.1, 0.15) is 11.6 Å². The molecule has 0 spiro atoms. The first-order chi connectivity index (χ1) is 37.6. The number of nitrogens with one attached hydrogen (secondary N) is 4. The van der Waals surface area contributed by atoms with Crippen LogP contribution in [-0.4, -0.2) is 181 Å². The Morgan fingerprint density at radius 1 is 0.797 bits per heavy atom. The molecule has 0 radical (unpaired) electrons. The van der Waals surface area contributed by atoms with Crippen molar-refractivity contribution in [3.63, 3.8) is 0 Å². The monoisotopic (exact) mass is 1110 g/mol. The molecule has 1 aromatic rings. The van der Waals surface area contributed by atoms with Gasteiger partial charge in [-0.05, 0) is 88.3 Å². The first-order valence-electron chi connectivity index (χ1n) is 28.7. The lowest BCUT2D eigenvalue weighted by Crippen LogP contribution is -2.60. The zero-order valence-electron chi connectivity index (χ0n) is 48.8. The van der Waals surface area contributed by atoms with Gasteiger partial charge in [-0.2, -0.15) is 0 Å². The molecule has 9 amide bonds. The van der Waals surface area contributed by atoms with E-state index < -0.39 is 53.7 Å². The van der Waals surface area contributed by atoms with Gasteiger partial charge >= 0.3 is 0 Å². The number of hydrazine groups is 1. The van der Waals surface area contributed by atoms with Crippen LogP contribution in [0.15, 0.2) is 42.5 Å². The Bertz CT molecular complexity index is 2280. The van der Waals surface area contributed by atoms with E-state index in [1.807, 2.05) is 76.8 Å². The summed E-state index contributed by atoms with van der Waals surface area (Å²) in [5, 5.41) is 7.61. The van der Waals surface area contributed by atoms with Crippen molar-refractivity contribution in [3.05, 3.63) is 48.0 Å². The lowest BCUT2D eigenvalue weighted by molar-refractivity contribution is -0.200. The molecule has 1 saturated carbocycles. The van der Waals surface area contributed by atoms with E-state index in [0.717, 1.165) is 23.3 Å². The Morgan fingerprint density at radius 3 is 2.04 bits per heavy atom. The van der Waals surface area contributed by atoms with Crippen LogP contribution in [-0.2, 0) is 57.5 Å². The molecule has 1 aliphatic carbocycles. The standard InChI is InChI=1S/C58H91N9O12/c1-12-39(6)52(64(9)56(75)50(37(2)3)59-55(74)51(38(4)5)63(8)30-22-27-46(69)62-61-45(68)26-17-14-18-31-66-47(70)28-29-48(66)71)44(77-10)35-49(72)65-32-21-25-43(65)53(78-11)40(7)54(73)60-58(57(76)67-33-19-20-34-79-67)36-42(58)41-23-15-13-16-24-41/h13,15-16,23-24,28-29,37-40,42-44,50-53H,12,14,17-22,25-27,30-36H2,1-11H3,(H,59,74)(H,60,73)(H,61,68)(H,62,69)/t39-,40+,42+,43-,44+,50-,51-,52-,53?,58-/m0/s1. The summed E-state index contributed by atoms with van der Waals surface area (Å²) in [6, 6.07) is 7.10. The summed E-state index contributed by atoms with van der Waals surface area (Å²) in [6.45, 7) is 15.3. The quantitative estimate of drug-likeness (QED) is 0.0484. The number of likely N-dealkylation sites (N-methyl/N-ethyl adjacent to an activating group) is 2. The zero-order chi connectivity index (χ0) is 58.1. The van der Waals surface area contributed by atoms with Crippen molar-refractivity contribution in [2.45, 2.75) is 180 Å². The van der Waals surface area contributed by atoms with E-state index in [1.54, 1.807) is 30.8 Å². The van der Waals surface area contributed by atoms with E-state index in [4.69, 9.17) is 14.3 Å². The molecule has 2 saturated heterocycles. The van der Waals surface area contributed by atoms with Crippen molar-refractivity contribution in [3.8, 4) is 0 Å². The molecule has 10 atom stereocenters. The van der Waals surface area contributed by atoms with Gasteiger partial charge in [0.15, 0.2) is 0 Å². The first-order valence-corrected chi connectivity index (χ1v) is 28.7. The number of hydrogen-bond donors (Lipinski definition) is 4. The summed E-state index contributed by atoms with van der Waals surface area (Å²) in [6.07, 6.45) is 7.36. The second-order valence-electron chi connectivity index (χ2n) is 22.7. The summed E-state index contributed by atoms with van der Waals surface area (Å²) in [5.74, 6) is -4.49. The van der Waals surface area contributed by atoms with Crippen LogP contribution in [0.5, 0.6) is 0 Å². The molecule has 5 rings (SSSR count). The highest BCUT2D eigenvalue weighted by atomic mass is 16.7. The highest BCUT2D eigenvalue weighted by Gasteiger charge is 2.64. The van der Waals surface area contributed by atoms with E-state index >= 15 is 0 Å². The molecule has 3 aliphatic heterocycles. The highest BCUT2D eigenvalue weighted by Crippen LogP contribution is 2.53. The molecule has 3 heterocycles. The van der Waals surface area contributed by atoms with Crippen LogP contribution >= 0.6 is 0 Å². The number of nitrogens with zero attached hydrogens (tertiary/aromatic N) is 5. The van der Waals surface area contributed by atoms with Gasteiger partial charge in [0.2, 0.25) is 35.4 Å². The topological polar surface area (TPSA) is 246 Å². The molecule has 4 aliphatic rings. The molecule has 0 aromatic heterocycles. The van der Waals surface area contributed by atoms with E-state index in [0.29, 0.717) is 77.6 Å². The number of unbranched alkanes of at least 4 members (excludes halogenated alkanes) is 2. The van der Waals surface area contributed by atoms with Gasteiger partial charge in [-0.1, -0.05) is 91.6 Å². The van der Waals surface area contributed by atoms with Crippen molar-refractivity contribution in [1.29, 1.82) is 0 Å². The van der Waals surface area contributed by atoms with Crippen LogP contribution in [0.3, 0.4) is 0 Å². The van der Waals surface area contributed by atoms with E-state index in [-0.39, 0.29) is 96.7 Å². The molecule has 1 unspecified atom stereocenters. The maximum absolute atomic E-state index is 14.7. The average molecular weight is 1110 g/mol. The van der Waals surface area contributed by atoms with Crippen LogP contribution in [0.4, 0.5) is 0 Å². The molecule has 79 heavy (non-hydrogen) atoms. The zero-order valence-corrected chi connectivity index (χ0v) is 48.8. The van der Waals surface area contributed by atoms with Gasteiger partial charge in [-0.25, -0.2) is 5.06 Å². The molecular weight excluding hydrogens is 1010 g/mol. The summed E-state index contributed by atoms with van der Waals surface area (Å²) in [7, 11) is 6.56. The fourth-order valence-electron chi connectivity index (χ4n) is 11.7. The van der Waals surface area contributed by atoms with Gasteiger partial charge in [0.05, 0.1) is 49.3 Å². The number of methoxy groups -OCH3 is 2. The summed E-state index contributed by atoms with van der Waals surface area (Å²) in [4.78, 5) is 133. The minimum Gasteiger partial charge on any atom is -0.379 e. The van der Waals surface area contributed by atoms with E-state index in [2.05, 4.69) is 21.5 Å².